The van der Waals surface area contributed by atoms with Crippen LogP contribution in [0, 0.1) is 4.77 Å². The van der Waals surface area contributed by atoms with Gasteiger partial charge in [-0.25, -0.2) is 0 Å². The van der Waals surface area contributed by atoms with Gasteiger partial charge < -0.3 is 4.57 Å². The molecule has 0 aliphatic heterocycles. The molecule has 1 aromatic carbocycles. The summed E-state index contributed by atoms with van der Waals surface area (Å²) >= 11 is 8.62. The van der Waals surface area contributed by atoms with E-state index in [2.05, 4.69) is 33.1 Å². The Kier molecular flexibility index (Phi) is 3.56. The first-order valence-electron chi connectivity index (χ1n) is 5.13. The largest absolute Gasteiger partial charge is 0.300 e. The number of hydrogen-bond donors (Lipinski definition) is 1. The maximum Gasteiger partial charge on any atom is 0.195 e. The fraction of sp³-hybridized carbons (Fsp3) is 0.273. The van der Waals surface area contributed by atoms with Crippen molar-refractivity contribution >= 4 is 28.1 Å². The molecule has 1 heterocycles. The van der Waals surface area contributed by atoms with Crippen molar-refractivity contribution in [2.45, 2.75) is 19.9 Å². The highest BCUT2D eigenvalue weighted by Gasteiger charge is 2.07. The third-order valence-electron chi connectivity index (χ3n) is 2.31. The Morgan fingerprint density at radius 2 is 2.06 bits per heavy atom. The van der Waals surface area contributed by atoms with E-state index in [1.54, 1.807) is 0 Å². The zero-order chi connectivity index (χ0) is 11.5. The molecule has 3 nitrogen and oxygen atoms in total. The highest BCUT2D eigenvalue weighted by Crippen LogP contribution is 2.20. The van der Waals surface area contributed by atoms with Gasteiger partial charge in [-0.15, -0.1) is 0 Å². The van der Waals surface area contributed by atoms with Gasteiger partial charge in [0, 0.05) is 16.6 Å². The van der Waals surface area contributed by atoms with Gasteiger partial charge in [-0.2, -0.15) is 5.10 Å². The molecule has 16 heavy (non-hydrogen) atoms. The van der Waals surface area contributed by atoms with Crippen molar-refractivity contribution in [1.82, 2.24) is 14.8 Å². The molecule has 0 bridgehead atoms. The van der Waals surface area contributed by atoms with Crippen LogP contribution in [0.5, 0.6) is 0 Å². The van der Waals surface area contributed by atoms with Crippen LogP contribution in [0.2, 0.25) is 0 Å². The van der Waals surface area contributed by atoms with Crippen LogP contribution in [0.3, 0.4) is 0 Å². The lowest BCUT2D eigenvalue weighted by molar-refractivity contribution is 0.675. The Balaban J connectivity index is 2.47. The van der Waals surface area contributed by atoms with Gasteiger partial charge in [0.1, 0.15) is 0 Å². The number of hydrogen-bond acceptors (Lipinski definition) is 2. The summed E-state index contributed by atoms with van der Waals surface area (Å²) in [6.45, 7) is 3.01. The molecule has 2 aromatic rings. The van der Waals surface area contributed by atoms with Gasteiger partial charge in [-0.05, 0) is 30.8 Å². The van der Waals surface area contributed by atoms with E-state index >= 15 is 0 Å². The van der Waals surface area contributed by atoms with Crippen molar-refractivity contribution in [2.24, 2.45) is 0 Å². The molecule has 0 radical (unpaired) electrons. The molecule has 1 N–H and O–H groups in total. The number of aromatic amines is 1. The monoisotopic (exact) mass is 297 g/mol. The molecule has 0 atom stereocenters. The zero-order valence-electron chi connectivity index (χ0n) is 8.90. The van der Waals surface area contributed by atoms with Crippen LogP contribution in [0.25, 0.3) is 11.4 Å². The van der Waals surface area contributed by atoms with E-state index in [1.165, 1.54) is 0 Å². The van der Waals surface area contributed by atoms with Crippen LogP contribution in [-0.4, -0.2) is 14.8 Å². The van der Waals surface area contributed by atoms with Crippen LogP contribution >= 0.6 is 28.1 Å². The van der Waals surface area contributed by atoms with Crippen molar-refractivity contribution < 1.29 is 0 Å². The average Bonchev–Trinajstić information content (AvgIpc) is 2.63. The predicted molar refractivity (Wildman–Crippen MR) is 70.8 cm³/mol. The number of halogens is 1. The number of aromatic nitrogens is 3. The minimum Gasteiger partial charge on any atom is -0.300 e. The molecular weight excluding hydrogens is 286 g/mol. The minimum atomic E-state index is 0.680. The number of benzene rings is 1. The van der Waals surface area contributed by atoms with E-state index in [0.29, 0.717) is 4.77 Å². The third kappa shape index (κ3) is 2.25. The topological polar surface area (TPSA) is 33.6 Å². The molecule has 0 amide bonds. The van der Waals surface area contributed by atoms with E-state index in [9.17, 15) is 0 Å². The Bertz CT molecular complexity index is 527. The van der Waals surface area contributed by atoms with Gasteiger partial charge in [0.05, 0.1) is 0 Å². The van der Waals surface area contributed by atoms with Crippen molar-refractivity contribution in [1.29, 1.82) is 0 Å². The van der Waals surface area contributed by atoms with Crippen LogP contribution in [0.15, 0.2) is 28.7 Å². The standard InChI is InChI=1S/C11H12BrN3S/c1-2-7-15-10(13-14-11(15)16)8-3-5-9(12)6-4-8/h3-6H,2,7H2,1H3,(H,14,16). The summed E-state index contributed by atoms with van der Waals surface area (Å²) in [4.78, 5) is 0. The van der Waals surface area contributed by atoms with Crippen molar-refractivity contribution in [2.75, 3.05) is 0 Å². The van der Waals surface area contributed by atoms with Crippen molar-refractivity contribution in [3.8, 4) is 11.4 Å². The van der Waals surface area contributed by atoms with E-state index in [1.807, 2.05) is 28.8 Å². The lowest BCUT2D eigenvalue weighted by Crippen LogP contribution is -1.99. The molecular formula is C11H12BrN3S. The first-order valence-corrected chi connectivity index (χ1v) is 6.33. The Hall–Kier alpha value is -0.940. The van der Waals surface area contributed by atoms with Gasteiger partial charge in [0.15, 0.2) is 10.6 Å². The van der Waals surface area contributed by atoms with Crippen LogP contribution in [0.4, 0.5) is 0 Å². The maximum atomic E-state index is 5.20. The Morgan fingerprint density at radius 1 is 1.38 bits per heavy atom. The summed E-state index contributed by atoms with van der Waals surface area (Å²) in [5, 5.41) is 7.10. The van der Waals surface area contributed by atoms with E-state index in [0.717, 1.165) is 28.8 Å². The van der Waals surface area contributed by atoms with Crippen molar-refractivity contribution in [3.05, 3.63) is 33.5 Å². The lowest BCUT2D eigenvalue weighted by atomic mass is 10.2. The molecule has 0 saturated heterocycles. The predicted octanol–water partition coefficient (Wildman–Crippen LogP) is 3.78. The molecule has 1 aromatic heterocycles. The Morgan fingerprint density at radius 3 is 2.69 bits per heavy atom. The lowest BCUT2D eigenvalue weighted by Gasteiger charge is -2.04. The molecule has 0 unspecified atom stereocenters. The fourth-order valence-electron chi connectivity index (χ4n) is 1.57. The minimum absolute atomic E-state index is 0.680. The average molecular weight is 298 g/mol. The van der Waals surface area contributed by atoms with Gasteiger partial charge >= 0.3 is 0 Å². The molecule has 0 fully saturated rings. The number of rotatable bonds is 3. The number of nitrogens with zero attached hydrogens (tertiary/aromatic N) is 2. The second kappa shape index (κ2) is 4.93. The molecule has 0 saturated carbocycles. The van der Waals surface area contributed by atoms with Crippen LogP contribution in [-0.2, 0) is 6.54 Å². The molecule has 0 spiro atoms. The fourth-order valence-corrected chi connectivity index (χ4v) is 2.06. The highest BCUT2D eigenvalue weighted by molar-refractivity contribution is 9.10. The summed E-state index contributed by atoms with van der Waals surface area (Å²) in [7, 11) is 0. The SMILES string of the molecule is CCCn1c(-c2ccc(Br)cc2)n[nH]c1=S. The number of nitrogens with one attached hydrogen (secondary N) is 1. The summed E-state index contributed by atoms with van der Waals surface area (Å²) in [6.07, 6.45) is 1.04. The summed E-state index contributed by atoms with van der Waals surface area (Å²) in [6, 6.07) is 8.06. The van der Waals surface area contributed by atoms with Crippen LogP contribution < -0.4 is 0 Å². The summed E-state index contributed by atoms with van der Waals surface area (Å²) in [5.74, 6) is 0.902. The van der Waals surface area contributed by atoms with E-state index in [4.69, 9.17) is 12.2 Å². The first-order chi connectivity index (χ1) is 7.72. The second-order valence-electron chi connectivity index (χ2n) is 3.51. The Labute approximate surface area is 108 Å². The van der Waals surface area contributed by atoms with Crippen LogP contribution in [0.1, 0.15) is 13.3 Å². The molecule has 0 aliphatic rings. The van der Waals surface area contributed by atoms with Gasteiger partial charge in [-0.1, -0.05) is 35.0 Å². The molecule has 0 aliphatic carbocycles. The van der Waals surface area contributed by atoms with Gasteiger partial charge in [0.2, 0.25) is 0 Å². The third-order valence-corrected chi connectivity index (χ3v) is 3.15. The van der Waals surface area contributed by atoms with Crippen molar-refractivity contribution in [3.63, 3.8) is 0 Å². The smallest absolute Gasteiger partial charge is 0.195 e. The van der Waals surface area contributed by atoms with E-state index in [-0.39, 0.29) is 0 Å². The normalized spacial score (nSPS) is 10.6. The summed E-state index contributed by atoms with van der Waals surface area (Å²) in [5.41, 5.74) is 1.07. The highest BCUT2D eigenvalue weighted by atomic mass is 79.9. The zero-order valence-corrected chi connectivity index (χ0v) is 11.3. The maximum absolute atomic E-state index is 5.20. The molecule has 84 valence electrons. The van der Waals surface area contributed by atoms with E-state index < -0.39 is 0 Å². The second-order valence-corrected chi connectivity index (χ2v) is 4.81. The van der Waals surface area contributed by atoms with Gasteiger partial charge in [-0.3, -0.25) is 5.10 Å². The molecule has 5 heteroatoms. The quantitative estimate of drug-likeness (QED) is 0.875. The number of H-pyrrole nitrogens is 1. The first kappa shape index (κ1) is 11.5. The molecule has 2 rings (SSSR count). The summed E-state index contributed by atoms with van der Waals surface area (Å²) < 4.78 is 3.77. The van der Waals surface area contributed by atoms with Gasteiger partial charge in [0.25, 0.3) is 0 Å².